The molecule has 3 unspecified atom stereocenters. The third-order valence-corrected chi connectivity index (χ3v) is 5.71. The van der Waals surface area contributed by atoms with Crippen LogP contribution in [0.5, 0.6) is 0 Å². The van der Waals surface area contributed by atoms with Gasteiger partial charge >= 0.3 is 19.8 Å². The number of phosphoric ester groups is 1. The molecule has 0 heterocycles. The number of carbonyl (C=O) groups excluding carboxylic acids is 2. The van der Waals surface area contributed by atoms with E-state index in [0.29, 0.717) is 12.8 Å². The number of esters is 2. The van der Waals surface area contributed by atoms with Gasteiger partial charge in [-0.2, -0.15) is 0 Å². The third-order valence-electron chi connectivity index (χ3n) is 4.76. The van der Waals surface area contributed by atoms with Crippen LogP contribution < -0.4 is 0 Å². The largest absolute Gasteiger partial charge is 0.472 e. The van der Waals surface area contributed by atoms with Crippen LogP contribution in [-0.2, 0) is 32.7 Å². The summed E-state index contributed by atoms with van der Waals surface area (Å²) in [6, 6.07) is 0. The van der Waals surface area contributed by atoms with Gasteiger partial charge in [0, 0.05) is 12.8 Å². The Morgan fingerprint density at radius 2 is 1.30 bits per heavy atom. The van der Waals surface area contributed by atoms with Crippen molar-refractivity contribution in [3.05, 3.63) is 0 Å². The number of aliphatic hydroxyl groups is 2. The van der Waals surface area contributed by atoms with Gasteiger partial charge in [-0.15, -0.1) is 0 Å². The first-order valence-corrected chi connectivity index (χ1v) is 13.5. The quantitative estimate of drug-likeness (QED) is 0.115. The van der Waals surface area contributed by atoms with Gasteiger partial charge in [-0.3, -0.25) is 18.6 Å². The highest BCUT2D eigenvalue weighted by Gasteiger charge is 2.27. The molecule has 0 aromatic carbocycles. The van der Waals surface area contributed by atoms with E-state index in [1.165, 1.54) is 0 Å². The standard InChI is InChI=1S/C22H43O10P/c1-3-5-7-9-10-12-14-22(26)32-20(17-29-21(25)13-11-8-6-4-2)18-31-33(27,28)30-16-19(24)15-23/h19-20,23-24H,3-18H2,1-2H3,(H,27,28). The van der Waals surface area contributed by atoms with Crippen molar-refractivity contribution in [1.82, 2.24) is 0 Å². The summed E-state index contributed by atoms with van der Waals surface area (Å²) in [5, 5.41) is 18.0. The zero-order valence-corrected chi connectivity index (χ0v) is 21.0. The van der Waals surface area contributed by atoms with Crippen molar-refractivity contribution in [2.45, 2.75) is 103 Å². The molecular weight excluding hydrogens is 455 g/mol. The Kier molecular flexibility index (Phi) is 19.7. The molecule has 0 aliphatic heterocycles. The number of hydrogen-bond donors (Lipinski definition) is 3. The lowest BCUT2D eigenvalue weighted by Gasteiger charge is -2.20. The molecule has 0 amide bonds. The number of phosphoric acid groups is 1. The van der Waals surface area contributed by atoms with Crippen molar-refractivity contribution in [3.63, 3.8) is 0 Å². The Hall–Kier alpha value is -1.03. The summed E-state index contributed by atoms with van der Waals surface area (Å²) in [6.45, 7) is 2.09. The Morgan fingerprint density at radius 3 is 1.91 bits per heavy atom. The summed E-state index contributed by atoms with van der Waals surface area (Å²) in [4.78, 5) is 33.8. The molecule has 3 atom stereocenters. The molecular formula is C22H43O10P. The fraction of sp³-hybridized carbons (Fsp3) is 0.909. The van der Waals surface area contributed by atoms with E-state index in [2.05, 4.69) is 18.4 Å². The van der Waals surface area contributed by atoms with Crippen LogP contribution in [0.4, 0.5) is 0 Å². The molecule has 10 nitrogen and oxygen atoms in total. The van der Waals surface area contributed by atoms with Crippen LogP contribution in [0.25, 0.3) is 0 Å². The smallest absolute Gasteiger partial charge is 0.462 e. The van der Waals surface area contributed by atoms with E-state index in [1.54, 1.807) is 0 Å². The van der Waals surface area contributed by atoms with Gasteiger partial charge in [-0.05, 0) is 12.8 Å². The predicted molar refractivity (Wildman–Crippen MR) is 122 cm³/mol. The summed E-state index contributed by atoms with van der Waals surface area (Å²) in [5.41, 5.74) is 0. The molecule has 0 aliphatic rings. The Bertz CT molecular complexity index is 557. The van der Waals surface area contributed by atoms with E-state index in [-0.39, 0.29) is 19.4 Å². The van der Waals surface area contributed by atoms with Gasteiger partial charge in [0.2, 0.25) is 0 Å². The number of aliphatic hydroxyl groups excluding tert-OH is 2. The molecule has 0 rings (SSSR count). The molecule has 0 bridgehead atoms. The minimum Gasteiger partial charge on any atom is -0.462 e. The molecule has 33 heavy (non-hydrogen) atoms. The number of carbonyl (C=O) groups is 2. The van der Waals surface area contributed by atoms with Gasteiger partial charge in [0.1, 0.15) is 12.7 Å². The van der Waals surface area contributed by atoms with Gasteiger partial charge in [0.05, 0.1) is 19.8 Å². The molecule has 0 spiro atoms. The average Bonchev–Trinajstić information content (AvgIpc) is 2.79. The molecule has 0 radical (unpaired) electrons. The summed E-state index contributed by atoms with van der Waals surface area (Å²) in [6.07, 6.45) is 7.68. The monoisotopic (exact) mass is 498 g/mol. The molecule has 0 aromatic heterocycles. The SMILES string of the molecule is CCCCCCCCC(=O)OC(COC(=O)CCCCCC)COP(=O)(O)OCC(O)CO. The van der Waals surface area contributed by atoms with Gasteiger partial charge < -0.3 is 24.6 Å². The maximum atomic E-state index is 12.2. The van der Waals surface area contributed by atoms with E-state index >= 15 is 0 Å². The fourth-order valence-electron chi connectivity index (χ4n) is 2.81. The van der Waals surface area contributed by atoms with Gasteiger partial charge in [0.15, 0.2) is 6.10 Å². The number of hydrogen-bond acceptors (Lipinski definition) is 9. The highest BCUT2D eigenvalue weighted by atomic mass is 31.2. The highest BCUT2D eigenvalue weighted by molar-refractivity contribution is 7.47. The molecule has 11 heteroatoms. The van der Waals surface area contributed by atoms with Crippen LogP contribution >= 0.6 is 7.82 Å². The predicted octanol–water partition coefficient (Wildman–Crippen LogP) is 3.65. The first kappa shape index (κ1) is 32.0. The lowest BCUT2D eigenvalue weighted by Crippen LogP contribution is -2.29. The van der Waals surface area contributed by atoms with Crippen molar-refractivity contribution < 1.29 is 47.8 Å². The first-order valence-electron chi connectivity index (χ1n) is 12.0. The number of unbranched alkanes of at least 4 members (excludes halogenated alkanes) is 8. The number of ether oxygens (including phenoxy) is 2. The second-order valence-electron chi connectivity index (χ2n) is 8.02. The van der Waals surface area contributed by atoms with Crippen molar-refractivity contribution >= 4 is 19.8 Å². The van der Waals surface area contributed by atoms with E-state index in [9.17, 15) is 24.2 Å². The maximum Gasteiger partial charge on any atom is 0.472 e. The maximum absolute atomic E-state index is 12.2. The molecule has 0 saturated heterocycles. The molecule has 0 saturated carbocycles. The third kappa shape index (κ3) is 20.1. The fourth-order valence-corrected chi connectivity index (χ4v) is 3.60. The van der Waals surface area contributed by atoms with Gasteiger partial charge in [0.25, 0.3) is 0 Å². The van der Waals surface area contributed by atoms with E-state index in [4.69, 9.17) is 19.1 Å². The van der Waals surface area contributed by atoms with Crippen molar-refractivity contribution in [2.75, 3.05) is 26.4 Å². The van der Waals surface area contributed by atoms with Crippen LogP contribution in [0, 0.1) is 0 Å². The highest BCUT2D eigenvalue weighted by Crippen LogP contribution is 2.43. The lowest BCUT2D eigenvalue weighted by atomic mass is 10.1. The van der Waals surface area contributed by atoms with E-state index in [0.717, 1.165) is 51.4 Å². The van der Waals surface area contributed by atoms with Crippen LogP contribution in [0.1, 0.15) is 90.9 Å². The lowest BCUT2D eigenvalue weighted by molar-refractivity contribution is -0.161. The van der Waals surface area contributed by atoms with E-state index in [1.807, 2.05) is 0 Å². The zero-order valence-electron chi connectivity index (χ0n) is 20.1. The molecule has 3 N–H and O–H groups in total. The second kappa shape index (κ2) is 20.4. The minimum atomic E-state index is -4.57. The average molecular weight is 499 g/mol. The van der Waals surface area contributed by atoms with Crippen molar-refractivity contribution in [1.29, 1.82) is 0 Å². The molecule has 196 valence electrons. The minimum absolute atomic E-state index is 0.184. The summed E-state index contributed by atoms with van der Waals surface area (Å²) in [7, 11) is -4.57. The topological polar surface area (TPSA) is 149 Å². The van der Waals surface area contributed by atoms with Gasteiger partial charge in [-0.25, -0.2) is 4.57 Å². The summed E-state index contributed by atoms with van der Waals surface area (Å²) < 4.78 is 31.8. The normalized spacial score (nSPS) is 14.9. The van der Waals surface area contributed by atoms with Crippen LogP contribution in [0.3, 0.4) is 0 Å². The first-order chi connectivity index (χ1) is 15.7. The van der Waals surface area contributed by atoms with Crippen molar-refractivity contribution in [2.24, 2.45) is 0 Å². The van der Waals surface area contributed by atoms with Crippen LogP contribution in [-0.4, -0.2) is 65.7 Å². The van der Waals surface area contributed by atoms with Crippen LogP contribution in [0.2, 0.25) is 0 Å². The van der Waals surface area contributed by atoms with Crippen LogP contribution in [0.15, 0.2) is 0 Å². The zero-order chi connectivity index (χ0) is 25.0. The summed E-state index contributed by atoms with van der Waals surface area (Å²) >= 11 is 0. The Balaban J connectivity index is 4.59. The van der Waals surface area contributed by atoms with Crippen molar-refractivity contribution in [3.8, 4) is 0 Å². The van der Waals surface area contributed by atoms with E-state index < -0.39 is 51.8 Å². The molecule has 0 aliphatic carbocycles. The Labute approximate surface area is 197 Å². The molecule has 0 aromatic rings. The summed E-state index contributed by atoms with van der Waals surface area (Å²) in [5.74, 6) is -0.958. The number of rotatable bonds is 22. The van der Waals surface area contributed by atoms with Gasteiger partial charge in [-0.1, -0.05) is 65.2 Å². The Morgan fingerprint density at radius 1 is 0.788 bits per heavy atom. The second-order valence-corrected chi connectivity index (χ2v) is 9.47. The molecule has 0 fully saturated rings.